The van der Waals surface area contributed by atoms with Gasteiger partial charge in [-0.15, -0.1) is 0 Å². The van der Waals surface area contributed by atoms with Crippen molar-refractivity contribution in [3.05, 3.63) is 0 Å². The molecule has 0 bridgehead atoms. The predicted molar refractivity (Wildman–Crippen MR) is 67.4 cm³/mol. The van der Waals surface area contributed by atoms with Gasteiger partial charge in [-0.25, -0.2) is 0 Å². The molecule has 2 aliphatic rings. The molecule has 0 aromatic heterocycles. The van der Waals surface area contributed by atoms with Crippen LogP contribution in [0, 0.1) is 5.92 Å². The van der Waals surface area contributed by atoms with Crippen molar-refractivity contribution >= 4 is 5.97 Å². The second-order valence-electron chi connectivity index (χ2n) is 6.17. The van der Waals surface area contributed by atoms with Gasteiger partial charge in [0.15, 0.2) is 0 Å². The molecule has 1 aliphatic carbocycles. The number of hydrogen-bond acceptors (Lipinski definition) is 3. The van der Waals surface area contributed by atoms with Gasteiger partial charge in [-0.1, -0.05) is 0 Å². The number of aliphatic carboxylic acids is 1. The minimum atomic E-state index is -4.19. The second kappa shape index (κ2) is 5.52. The number of carboxylic acids is 1. The number of piperidine rings is 1. The van der Waals surface area contributed by atoms with E-state index >= 15 is 0 Å². The predicted octanol–water partition coefficient (Wildman–Crippen LogP) is 1.86. The average molecular weight is 294 g/mol. The molecule has 2 atom stereocenters. The summed E-state index contributed by atoms with van der Waals surface area (Å²) in [4.78, 5) is 13.1. The van der Waals surface area contributed by atoms with Gasteiger partial charge >= 0.3 is 12.1 Å². The minimum absolute atomic E-state index is 0.0985. The van der Waals surface area contributed by atoms with E-state index in [2.05, 4.69) is 5.32 Å². The first-order valence-corrected chi connectivity index (χ1v) is 7.01. The molecule has 0 spiro atoms. The van der Waals surface area contributed by atoms with Crippen molar-refractivity contribution in [2.75, 3.05) is 19.6 Å². The first-order valence-electron chi connectivity index (χ1n) is 7.01. The largest absolute Gasteiger partial charge is 0.480 e. The van der Waals surface area contributed by atoms with E-state index in [4.69, 9.17) is 0 Å². The van der Waals surface area contributed by atoms with Crippen molar-refractivity contribution < 1.29 is 23.1 Å². The summed E-state index contributed by atoms with van der Waals surface area (Å²) in [5.74, 6) is -2.34. The molecule has 2 N–H and O–H groups in total. The Morgan fingerprint density at radius 3 is 2.50 bits per heavy atom. The molecule has 1 saturated carbocycles. The highest BCUT2D eigenvalue weighted by Crippen LogP contribution is 2.33. The summed E-state index contributed by atoms with van der Waals surface area (Å²) >= 11 is 0. The fourth-order valence-electron chi connectivity index (χ4n) is 2.77. The van der Waals surface area contributed by atoms with E-state index in [1.54, 1.807) is 11.8 Å². The van der Waals surface area contributed by atoms with Crippen molar-refractivity contribution in [1.82, 2.24) is 10.2 Å². The van der Waals surface area contributed by atoms with Gasteiger partial charge in [0.1, 0.15) is 5.54 Å². The summed E-state index contributed by atoms with van der Waals surface area (Å²) in [7, 11) is 0. The van der Waals surface area contributed by atoms with Crippen LogP contribution in [0.3, 0.4) is 0 Å². The van der Waals surface area contributed by atoms with E-state index < -0.39 is 23.6 Å². The van der Waals surface area contributed by atoms with E-state index in [1.807, 2.05) is 0 Å². The van der Waals surface area contributed by atoms with Crippen molar-refractivity contribution in [3.8, 4) is 0 Å². The lowest BCUT2D eigenvalue weighted by Crippen LogP contribution is -2.59. The number of rotatable bonds is 5. The maximum absolute atomic E-state index is 12.8. The van der Waals surface area contributed by atoms with Gasteiger partial charge in [-0.3, -0.25) is 10.1 Å². The van der Waals surface area contributed by atoms with Gasteiger partial charge in [0.2, 0.25) is 0 Å². The van der Waals surface area contributed by atoms with E-state index in [1.165, 1.54) is 0 Å². The highest BCUT2D eigenvalue weighted by Gasteiger charge is 2.45. The van der Waals surface area contributed by atoms with Crippen molar-refractivity contribution in [3.63, 3.8) is 0 Å². The average Bonchev–Trinajstić information content (AvgIpc) is 3.11. The molecule has 1 saturated heterocycles. The van der Waals surface area contributed by atoms with Crippen LogP contribution in [0.4, 0.5) is 13.2 Å². The van der Waals surface area contributed by atoms with Crippen molar-refractivity contribution in [2.45, 2.75) is 50.4 Å². The fraction of sp³-hybridized carbons (Fsp3) is 0.923. The third-order valence-electron chi connectivity index (χ3n) is 4.08. The molecule has 116 valence electrons. The third-order valence-corrected chi connectivity index (χ3v) is 4.08. The van der Waals surface area contributed by atoms with E-state index in [0.29, 0.717) is 13.0 Å². The molecule has 2 unspecified atom stereocenters. The number of hydrogen-bond donors (Lipinski definition) is 2. The number of alkyl halides is 3. The molecule has 2 rings (SSSR count). The molecule has 1 aliphatic heterocycles. The number of carboxylic acid groups (broad SMARTS) is 1. The Morgan fingerprint density at radius 1 is 1.35 bits per heavy atom. The van der Waals surface area contributed by atoms with Gasteiger partial charge in [0, 0.05) is 19.1 Å². The lowest BCUT2D eigenvalue weighted by molar-refractivity contribution is -0.187. The van der Waals surface area contributed by atoms with Gasteiger partial charge < -0.3 is 10.0 Å². The Bertz CT molecular complexity index is 371. The van der Waals surface area contributed by atoms with Gasteiger partial charge in [-0.2, -0.15) is 13.2 Å². The fourth-order valence-corrected chi connectivity index (χ4v) is 2.77. The SMILES string of the molecule is CC(CN1CCCC(C(F)(F)F)C1)(NC1CC1)C(=O)O. The summed E-state index contributed by atoms with van der Waals surface area (Å²) < 4.78 is 38.3. The Hall–Kier alpha value is -0.820. The van der Waals surface area contributed by atoms with Crippen LogP contribution in [0.15, 0.2) is 0 Å². The molecular formula is C13H21F3N2O2. The molecule has 0 aromatic carbocycles. The Balaban J connectivity index is 1.97. The molecule has 0 aromatic rings. The number of likely N-dealkylation sites (tertiary alicyclic amines) is 1. The summed E-state index contributed by atoms with van der Waals surface area (Å²) in [5.41, 5.74) is -1.17. The number of nitrogens with zero attached hydrogens (tertiary/aromatic N) is 1. The Kier molecular flexibility index (Phi) is 4.30. The third kappa shape index (κ3) is 3.85. The van der Waals surface area contributed by atoms with Gasteiger partial charge in [-0.05, 0) is 39.2 Å². The van der Waals surface area contributed by atoms with Crippen molar-refractivity contribution in [1.29, 1.82) is 0 Å². The summed E-state index contributed by atoms with van der Waals surface area (Å²) in [6.45, 7) is 2.11. The lowest BCUT2D eigenvalue weighted by Gasteiger charge is -2.38. The Morgan fingerprint density at radius 2 is 2.00 bits per heavy atom. The minimum Gasteiger partial charge on any atom is -0.480 e. The highest BCUT2D eigenvalue weighted by molar-refractivity contribution is 5.78. The van der Waals surface area contributed by atoms with E-state index in [-0.39, 0.29) is 25.6 Å². The maximum Gasteiger partial charge on any atom is 0.393 e. The van der Waals surface area contributed by atoms with Crippen LogP contribution in [-0.4, -0.2) is 53.4 Å². The first kappa shape index (κ1) is 15.6. The summed E-state index contributed by atoms with van der Waals surface area (Å²) in [5, 5.41) is 12.4. The number of halogens is 3. The summed E-state index contributed by atoms with van der Waals surface area (Å²) in [6, 6.07) is 0.194. The second-order valence-corrected chi connectivity index (χ2v) is 6.17. The van der Waals surface area contributed by atoms with Crippen LogP contribution in [-0.2, 0) is 4.79 Å². The molecule has 7 heteroatoms. The van der Waals surface area contributed by atoms with Crippen LogP contribution >= 0.6 is 0 Å². The number of nitrogens with one attached hydrogen (secondary N) is 1. The van der Waals surface area contributed by atoms with Crippen LogP contribution in [0.2, 0.25) is 0 Å². The normalized spacial score (nSPS) is 28.1. The molecular weight excluding hydrogens is 273 g/mol. The van der Waals surface area contributed by atoms with Gasteiger partial charge in [0.25, 0.3) is 0 Å². The molecule has 1 heterocycles. The zero-order valence-corrected chi connectivity index (χ0v) is 11.5. The van der Waals surface area contributed by atoms with Crippen LogP contribution in [0.1, 0.15) is 32.6 Å². The van der Waals surface area contributed by atoms with Crippen molar-refractivity contribution in [2.24, 2.45) is 5.92 Å². The zero-order chi connectivity index (χ0) is 15.0. The molecule has 2 fully saturated rings. The molecule has 0 amide bonds. The summed E-state index contributed by atoms with van der Waals surface area (Å²) in [6.07, 6.45) is -1.71. The lowest BCUT2D eigenvalue weighted by atomic mass is 9.94. The molecule has 4 nitrogen and oxygen atoms in total. The standard InChI is InChI=1S/C13H21F3N2O2/c1-12(11(19)20,17-10-4-5-10)8-18-6-2-3-9(7-18)13(14,15)16/h9-10,17H,2-8H2,1H3,(H,19,20). The zero-order valence-electron chi connectivity index (χ0n) is 11.5. The first-order chi connectivity index (χ1) is 9.21. The van der Waals surface area contributed by atoms with E-state index in [0.717, 1.165) is 12.8 Å². The number of carbonyl (C=O) groups is 1. The monoisotopic (exact) mass is 294 g/mol. The van der Waals surface area contributed by atoms with Crippen LogP contribution in [0.5, 0.6) is 0 Å². The molecule has 0 radical (unpaired) electrons. The topological polar surface area (TPSA) is 52.6 Å². The Labute approximate surface area is 116 Å². The van der Waals surface area contributed by atoms with Gasteiger partial charge in [0.05, 0.1) is 5.92 Å². The molecule has 20 heavy (non-hydrogen) atoms. The highest BCUT2D eigenvalue weighted by atomic mass is 19.4. The maximum atomic E-state index is 12.8. The van der Waals surface area contributed by atoms with Crippen LogP contribution < -0.4 is 5.32 Å². The smallest absolute Gasteiger partial charge is 0.393 e. The quantitative estimate of drug-likeness (QED) is 0.812. The van der Waals surface area contributed by atoms with E-state index in [9.17, 15) is 23.1 Å². The van der Waals surface area contributed by atoms with Crippen LogP contribution in [0.25, 0.3) is 0 Å².